The maximum Gasteiger partial charge on any atom is 0.239 e. The zero-order valence-corrected chi connectivity index (χ0v) is 11.2. The predicted molar refractivity (Wildman–Crippen MR) is 64.8 cm³/mol. The summed E-state index contributed by atoms with van der Waals surface area (Å²) in [4.78, 5) is 11.9. The Hall–Kier alpha value is -0.570. The fraction of sp³-hybridized carbons (Fsp3) is 0.917. The van der Waals surface area contributed by atoms with Crippen LogP contribution in [0.3, 0.4) is 0 Å². The van der Waals surface area contributed by atoms with Gasteiger partial charge in [-0.25, -0.2) is 0 Å². The largest absolute Gasteiger partial charge is 0.352 e. The van der Waals surface area contributed by atoms with Crippen LogP contribution in [0.2, 0.25) is 0 Å². The molecule has 15 heavy (non-hydrogen) atoms. The van der Waals surface area contributed by atoms with Crippen LogP contribution in [0.25, 0.3) is 0 Å². The van der Waals surface area contributed by atoms with E-state index in [2.05, 4.69) is 31.4 Å². The van der Waals surface area contributed by atoms with E-state index in [9.17, 15) is 4.79 Å². The van der Waals surface area contributed by atoms with Gasteiger partial charge in [0, 0.05) is 6.04 Å². The summed E-state index contributed by atoms with van der Waals surface area (Å²) in [5.41, 5.74) is -0.397. The first kappa shape index (κ1) is 14.4. The number of amides is 1. The summed E-state index contributed by atoms with van der Waals surface area (Å²) in [5, 5.41) is 6.21. The van der Waals surface area contributed by atoms with Crippen molar-refractivity contribution in [3.8, 4) is 0 Å². The van der Waals surface area contributed by atoms with E-state index in [1.165, 1.54) is 0 Å². The highest BCUT2D eigenvalue weighted by Crippen LogP contribution is 2.19. The van der Waals surface area contributed by atoms with E-state index in [0.717, 1.165) is 6.54 Å². The van der Waals surface area contributed by atoms with E-state index in [1.54, 1.807) is 0 Å². The Labute approximate surface area is 94.0 Å². The number of nitrogens with one attached hydrogen (secondary N) is 2. The Morgan fingerprint density at radius 2 is 1.67 bits per heavy atom. The lowest BCUT2D eigenvalue weighted by atomic mass is 9.87. The number of likely N-dealkylation sites (N-methyl/N-ethyl adjacent to an activating group) is 1. The van der Waals surface area contributed by atoms with Crippen LogP contribution < -0.4 is 10.6 Å². The zero-order chi connectivity index (χ0) is 12.3. The molecule has 0 aromatic carbocycles. The van der Waals surface area contributed by atoms with Crippen molar-refractivity contribution in [3.05, 3.63) is 0 Å². The van der Waals surface area contributed by atoms with Gasteiger partial charge in [0.05, 0.1) is 5.54 Å². The number of hydrogen-bond donors (Lipinski definition) is 2. The summed E-state index contributed by atoms with van der Waals surface area (Å²) >= 11 is 0. The average Bonchev–Trinajstić information content (AvgIpc) is 2.01. The van der Waals surface area contributed by atoms with Crippen molar-refractivity contribution in [2.75, 3.05) is 6.54 Å². The zero-order valence-electron chi connectivity index (χ0n) is 11.2. The van der Waals surface area contributed by atoms with E-state index >= 15 is 0 Å². The summed E-state index contributed by atoms with van der Waals surface area (Å²) in [6, 6.07) is 0.169. The van der Waals surface area contributed by atoms with Crippen LogP contribution in [0.4, 0.5) is 0 Å². The van der Waals surface area contributed by atoms with Crippen LogP contribution in [-0.4, -0.2) is 24.0 Å². The van der Waals surface area contributed by atoms with Crippen LogP contribution in [0.15, 0.2) is 0 Å². The van der Waals surface area contributed by atoms with E-state index in [1.807, 2.05) is 27.7 Å². The van der Waals surface area contributed by atoms with Gasteiger partial charge in [0.1, 0.15) is 0 Å². The second-order valence-corrected chi connectivity index (χ2v) is 5.72. The van der Waals surface area contributed by atoms with Crippen LogP contribution in [0.1, 0.15) is 48.5 Å². The molecule has 1 unspecified atom stereocenters. The number of carbonyl (C=O) groups is 1. The molecule has 0 radical (unpaired) electrons. The lowest BCUT2D eigenvalue weighted by Gasteiger charge is -2.32. The Kier molecular flexibility index (Phi) is 4.78. The third-order valence-corrected chi connectivity index (χ3v) is 2.83. The van der Waals surface area contributed by atoms with Crippen molar-refractivity contribution in [2.24, 2.45) is 5.41 Å². The molecule has 0 aliphatic heterocycles. The van der Waals surface area contributed by atoms with Gasteiger partial charge >= 0.3 is 0 Å². The van der Waals surface area contributed by atoms with E-state index < -0.39 is 5.54 Å². The van der Waals surface area contributed by atoms with Gasteiger partial charge in [-0.2, -0.15) is 0 Å². The minimum absolute atomic E-state index is 0.0618. The molecule has 0 rings (SSSR count). The molecule has 2 N–H and O–H groups in total. The van der Waals surface area contributed by atoms with Gasteiger partial charge in [-0.1, -0.05) is 27.7 Å². The first-order valence-corrected chi connectivity index (χ1v) is 5.67. The average molecular weight is 214 g/mol. The third kappa shape index (κ3) is 4.65. The van der Waals surface area contributed by atoms with Crippen molar-refractivity contribution >= 4 is 5.91 Å². The van der Waals surface area contributed by atoms with Crippen molar-refractivity contribution in [1.29, 1.82) is 0 Å². The summed E-state index contributed by atoms with van der Waals surface area (Å²) < 4.78 is 0. The minimum Gasteiger partial charge on any atom is -0.352 e. The van der Waals surface area contributed by atoms with Gasteiger partial charge in [0.2, 0.25) is 5.91 Å². The van der Waals surface area contributed by atoms with Gasteiger partial charge in [0.15, 0.2) is 0 Å². The first-order chi connectivity index (χ1) is 6.61. The second kappa shape index (κ2) is 4.97. The van der Waals surface area contributed by atoms with Crippen LogP contribution in [-0.2, 0) is 4.79 Å². The quantitative estimate of drug-likeness (QED) is 0.751. The SMILES string of the molecule is CCNC(C)(C)C(=O)NC(C)C(C)(C)C. The van der Waals surface area contributed by atoms with Crippen molar-refractivity contribution in [3.63, 3.8) is 0 Å². The topological polar surface area (TPSA) is 41.1 Å². The standard InChI is InChI=1S/C12H26N2O/c1-8-13-12(6,7)10(15)14-9(2)11(3,4)5/h9,13H,8H2,1-7H3,(H,14,15). The Morgan fingerprint density at radius 3 is 2.00 bits per heavy atom. The van der Waals surface area contributed by atoms with Crippen molar-refractivity contribution in [1.82, 2.24) is 10.6 Å². The predicted octanol–water partition coefficient (Wildman–Crippen LogP) is 1.93. The molecule has 0 aliphatic carbocycles. The lowest BCUT2D eigenvalue weighted by molar-refractivity contribution is -0.127. The molecule has 1 atom stereocenters. The van der Waals surface area contributed by atoms with Gasteiger partial charge < -0.3 is 10.6 Å². The summed E-state index contributed by atoms with van der Waals surface area (Å²) in [5.74, 6) is 0.0618. The van der Waals surface area contributed by atoms with Gasteiger partial charge in [-0.05, 0) is 32.7 Å². The van der Waals surface area contributed by atoms with Crippen molar-refractivity contribution in [2.45, 2.75) is 60.0 Å². The van der Waals surface area contributed by atoms with Crippen molar-refractivity contribution < 1.29 is 4.79 Å². The third-order valence-electron chi connectivity index (χ3n) is 2.83. The Morgan fingerprint density at radius 1 is 1.20 bits per heavy atom. The molecular weight excluding hydrogens is 188 g/mol. The maximum absolute atomic E-state index is 11.9. The molecular formula is C12H26N2O. The number of rotatable bonds is 4. The summed E-state index contributed by atoms with van der Waals surface area (Å²) in [6.45, 7) is 15.0. The minimum atomic E-state index is -0.492. The van der Waals surface area contributed by atoms with Gasteiger partial charge in [-0.3, -0.25) is 4.79 Å². The lowest BCUT2D eigenvalue weighted by Crippen LogP contribution is -2.56. The monoisotopic (exact) mass is 214 g/mol. The summed E-state index contributed by atoms with van der Waals surface area (Å²) in [6.07, 6.45) is 0. The number of carbonyl (C=O) groups excluding carboxylic acids is 1. The molecule has 1 amide bonds. The molecule has 0 saturated heterocycles. The van der Waals surface area contributed by atoms with Crippen LogP contribution >= 0.6 is 0 Å². The molecule has 3 heteroatoms. The van der Waals surface area contributed by atoms with Gasteiger partial charge in [0.25, 0.3) is 0 Å². The molecule has 0 aliphatic rings. The highest BCUT2D eigenvalue weighted by atomic mass is 16.2. The molecule has 0 bridgehead atoms. The van der Waals surface area contributed by atoms with E-state index in [-0.39, 0.29) is 17.4 Å². The first-order valence-electron chi connectivity index (χ1n) is 5.67. The maximum atomic E-state index is 11.9. The fourth-order valence-corrected chi connectivity index (χ4v) is 1.12. The van der Waals surface area contributed by atoms with Crippen LogP contribution in [0.5, 0.6) is 0 Å². The molecule has 0 heterocycles. The Balaban J connectivity index is 4.37. The smallest absolute Gasteiger partial charge is 0.239 e. The van der Waals surface area contributed by atoms with Gasteiger partial charge in [-0.15, -0.1) is 0 Å². The normalized spacial score (nSPS) is 14.9. The fourth-order valence-electron chi connectivity index (χ4n) is 1.12. The highest BCUT2D eigenvalue weighted by molar-refractivity contribution is 5.85. The van der Waals surface area contributed by atoms with E-state index in [4.69, 9.17) is 0 Å². The van der Waals surface area contributed by atoms with E-state index in [0.29, 0.717) is 0 Å². The molecule has 0 saturated carbocycles. The summed E-state index contributed by atoms with van der Waals surface area (Å²) in [7, 11) is 0. The Bertz CT molecular complexity index is 216. The molecule has 0 aromatic rings. The molecule has 0 aromatic heterocycles. The second-order valence-electron chi connectivity index (χ2n) is 5.72. The molecule has 0 fully saturated rings. The number of hydrogen-bond acceptors (Lipinski definition) is 2. The van der Waals surface area contributed by atoms with Crippen LogP contribution in [0, 0.1) is 5.41 Å². The molecule has 90 valence electrons. The molecule has 0 spiro atoms. The highest BCUT2D eigenvalue weighted by Gasteiger charge is 2.30. The molecule has 3 nitrogen and oxygen atoms in total.